The van der Waals surface area contributed by atoms with Gasteiger partial charge in [0.15, 0.2) is 0 Å². The van der Waals surface area contributed by atoms with Crippen molar-refractivity contribution in [3.8, 4) is 0 Å². The van der Waals surface area contributed by atoms with Crippen LogP contribution in [-0.2, 0) is 6.54 Å². The molecule has 0 aliphatic carbocycles. The van der Waals surface area contributed by atoms with E-state index in [2.05, 4.69) is 17.1 Å². The molecule has 0 unspecified atom stereocenters. The van der Waals surface area contributed by atoms with Crippen LogP contribution in [0, 0.1) is 0 Å². The minimum absolute atomic E-state index is 0.415. The Hall–Kier alpha value is -1.39. The molecule has 1 aliphatic rings. The predicted molar refractivity (Wildman–Crippen MR) is 66.1 cm³/mol. The second-order valence-electron chi connectivity index (χ2n) is 4.55. The summed E-state index contributed by atoms with van der Waals surface area (Å²) in [6, 6.07) is 7.71. The third-order valence-electron chi connectivity index (χ3n) is 3.09. The number of nitrogens with zero attached hydrogens (tertiary/aromatic N) is 1. The third kappa shape index (κ3) is 3.05. The van der Waals surface area contributed by atoms with E-state index in [9.17, 15) is 4.79 Å². The van der Waals surface area contributed by atoms with Gasteiger partial charge in [-0.2, -0.15) is 0 Å². The molecule has 92 valence electrons. The normalized spacial score (nSPS) is 21.4. The van der Waals surface area contributed by atoms with Crippen molar-refractivity contribution in [1.82, 2.24) is 10.2 Å². The van der Waals surface area contributed by atoms with Crippen LogP contribution in [0.3, 0.4) is 0 Å². The maximum atomic E-state index is 11.1. The molecule has 0 aromatic heterocycles. The van der Waals surface area contributed by atoms with Crippen molar-refractivity contribution in [2.24, 2.45) is 0 Å². The molecular formula is C13H18N2O2. The number of aromatic carboxylic acids is 1. The van der Waals surface area contributed by atoms with Crippen LogP contribution in [0.25, 0.3) is 0 Å². The van der Waals surface area contributed by atoms with Gasteiger partial charge in [0.25, 0.3) is 0 Å². The van der Waals surface area contributed by atoms with Crippen LogP contribution in [-0.4, -0.2) is 41.7 Å². The van der Waals surface area contributed by atoms with Gasteiger partial charge >= 0.3 is 5.97 Å². The number of carbonyl (C=O) groups is 1. The SMILES string of the molecule is C[C@H]1CN(Cc2ccccc2C(=O)O)CCN1. The maximum Gasteiger partial charge on any atom is 0.336 e. The Morgan fingerprint density at radius 1 is 1.53 bits per heavy atom. The Bertz CT molecular complexity index is 406. The van der Waals surface area contributed by atoms with Crippen molar-refractivity contribution in [1.29, 1.82) is 0 Å². The van der Waals surface area contributed by atoms with Crippen molar-refractivity contribution >= 4 is 5.97 Å². The Kier molecular flexibility index (Phi) is 3.76. The van der Waals surface area contributed by atoms with Gasteiger partial charge in [0.05, 0.1) is 5.56 Å². The van der Waals surface area contributed by atoms with Gasteiger partial charge in [0.2, 0.25) is 0 Å². The molecule has 1 heterocycles. The highest BCUT2D eigenvalue weighted by Gasteiger charge is 2.17. The first kappa shape index (κ1) is 12.1. The Morgan fingerprint density at radius 3 is 3.00 bits per heavy atom. The number of piperazine rings is 1. The molecule has 0 bridgehead atoms. The van der Waals surface area contributed by atoms with Crippen molar-refractivity contribution in [3.05, 3.63) is 35.4 Å². The van der Waals surface area contributed by atoms with Crippen LogP contribution in [0.4, 0.5) is 0 Å². The van der Waals surface area contributed by atoms with E-state index in [1.165, 1.54) is 0 Å². The first-order chi connectivity index (χ1) is 8.16. The summed E-state index contributed by atoms with van der Waals surface area (Å²) < 4.78 is 0. The summed E-state index contributed by atoms with van der Waals surface area (Å²) in [6.45, 7) is 5.77. The predicted octanol–water partition coefficient (Wildman–Crippen LogP) is 1.18. The van der Waals surface area contributed by atoms with Crippen LogP contribution in [0.1, 0.15) is 22.8 Å². The van der Waals surface area contributed by atoms with E-state index < -0.39 is 5.97 Å². The van der Waals surface area contributed by atoms with E-state index in [1.54, 1.807) is 12.1 Å². The fraction of sp³-hybridized carbons (Fsp3) is 0.462. The summed E-state index contributed by atoms with van der Waals surface area (Å²) in [5.41, 5.74) is 1.31. The smallest absolute Gasteiger partial charge is 0.336 e. The minimum Gasteiger partial charge on any atom is -0.478 e. The Balaban J connectivity index is 2.10. The summed E-state index contributed by atoms with van der Waals surface area (Å²) in [5, 5.41) is 12.5. The lowest BCUT2D eigenvalue weighted by Gasteiger charge is -2.32. The molecule has 1 fully saturated rings. The van der Waals surface area contributed by atoms with Crippen molar-refractivity contribution in [3.63, 3.8) is 0 Å². The number of carboxylic acid groups (broad SMARTS) is 1. The number of hydrogen-bond acceptors (Lipinski definition) is 3. The molecule has 2 rings (SSSR count). The van der Waals surface area contributed by atoms with E-state index in [0.717, 1.165) is 25.2 Å². The molecule has 4 nitrogen and oxygen atoms in total. The van der Waals surface area contributed by atoms with Gasteiger partial charge in [-0.05, 0) is 18.6 Å². The lowest BCUT2D eigenvalue weighted by Crippen LogP contribution is -2.48. The van der Waals surface area contributed by atoms with E-state index >= 15 is 0 Å². The number of benzene rings is 1. The second-order valence-corrected chi connectivity index (χ2v) is 4.55. The Morgan fingerprint density at radius 2 is 2.29 bits per heavy atom. The molecule has 17 heavy (non-hydrogen) atoms. The molecule has 1 aromatic rings. The zero-order chi connectivity index (χ0) is 12.3. The maximum absolute atomic E-state index is 11.1. The molecule has 1 aliphatic heterocycles. The Labute approximate surface area is 101 Å². The second kappa shape index (κ2) is 5.29. The molecule has 2 N–H and O–H groups in total. The average Bonchev–Trinajstić information content (AvgIpc) is 2.29. The van der Waals surface area contributed by atoms with Crippen LogP contribution in [0.15, 0.2) is 24.3 Å². The summed E-state index contributed by atoms with van der Waals surface area (Å²) >= 11 is 0. The standard InChI is InChI=1S/C13H18N2O2/c1-10-8-15(7-6-14-10)9-11-4-2-3-5-12(11)13(16)17/h2-5,10,14H,6-9H2,1H3,(H,16,17)/t10-/m0/s1. The summed E-state index contributed by atoms with van der Waals surface area (Å²) in [4.78, 5) is 13.4. The summed E-state index contributed by atoms with van der Waals surface area (Å²) in [7, 11) is 0. The topological polar surface area (TPSA) is 52.6 Å². The highest BCUT2D eigenvalue weighted by Crippen LogP contribution is 2.13. The molecular weight excluding hydrogens is 216 g/mol. The van der Waals surface area contributed by atoms with E-state index in [4.69, 9.17) is 5.11 Å². The summed E-state index contributed by atoms with van der Waals surface area (Å²) in [6.07, 6.45) is 0. The van der Waals surface area contributed by atoms with Gasteiger partial charge in [-0.1, -0.05) is 18.2 Å². The summed E-state index contributed by atoms with van der Waals surface area (Å²) in [5.74, 6) is -0.844. The zero-order valence-corrected chi connectivity index (χ0v) is 10.0. The number of hydrogen-bond donors (Lipinski definition) is 2. The van der Waals surface area contributed by atoms with E-state index in [0.29, 0.717) is 18.2 Å². The van der Waals surface area contributed by atoms with Crippen molar-refractivity contribution < 1.29 is 9.90 Å². The highest BCUT2D eigenvalue weighted by atomic mass is 16.4. The van der Waals surface area contributed by atoms with Gasteiger partial charge in [0.1, 0.15) is 0 Å². The van der Waals surface area contributed by atoms with Crippen molar-refractivity contribution in [2.75, 3.05) is 19.6 Å². The molecule has 0 spiro atoms. The fourth-order valence-corrected chi connectivity index (χ4v) is 2.26. The van der Waals surface area contributed by atoms with Gasteiger partial charge in [-0.25, -0.2) is 4.79 Å². The lowest BCUT2D eigenvalue weighted by molar-refractivity contribution is 0.0694. The van der Waals surface area contributed by atoms with Crippen LogP contribution in [0.2, 0.25) is 0 Å². The molecule has 1 saturated heterocycles. The number of carboxylic acids is 1. The molecule has 4 heteroatoms. The first-order valence-electron chi connectivity index (χ1n) is 5.94. The van der Waals surface area contributed by atoms with Crippen LogP contribution in [0.5, 0.6) is 0 Å². The van der Waals surface area contributed by atoms with Gasteiger partial charge in [0, 0.05) is 32.2 Å². The number of rotatable bonds is 3. The van der Waals surface area contributed by atoms with Crippen LogP contribution < -0.4 is 5.32 Å². The largest absolute Gasteiger partial charge is 0.478 e. The minimum atomic E-state index is -0.844. The van der Waals surface area contributed by atoms with Gasteiger partial charge in [-0.15, -0.1) is 0 Å². The monoisotopic (exact) mass is 234 g/mol. The quantitative estimate of drug-likeness (QED) is 0.824. The average molecular weight is 234 g/mol. The van der Waals surface area contributed by atoms with Crippen molar-refractivity contribution in [2.45, 2.75) is 19.5 Å². The van der Waals surface area contributed by atoms with Gasteiger partial charge < -0.3 is 10.4 Å². The molecule has 0 radical (unpaired) electrons. The molecule has 1 atom stereocenters. The third-order valence-corrected chi connectivity index (χ3v) is 3.09. The first-order valence-corrected chi connectivity index (χ1v) is 5.94. The zero-order valence-electron chi connectivity index (χ0n) is 10.0. The highest BCUT2D eigenvalue weighted by molar-refractivity contribution is 5.89. The van der Waals surface area contributed by atoms with E-state index in [1.807, 2.05) is 12.1 Å². The molecule has 0 saturated carbocycles. The fourth-order valence-electron chi connectivity index (χ4n) is 2.26. The molecule has 1 aromatic carbocycles. The van der Waals surface area contributed by atoms with E-state index in [-0.39, 0.29) is 0 Å². The number of nitrogens with one attached hydrogen (secondary N) is 1. The lowest BCUT2D eigenvalue weighted by atomic mass is 10.1. The van der Waals surface area contributed by atoms with Crippen LogP contribution >= 0.6 is 0 Å². The van der Waals surface area contributed by atoms with Gasteiger partial charge in [-0.3, -0.25) is 4.90 Å². The molecule has 0 amide bonds.